The van der Waals surface area contributed by atoms with Gasteiger partial charge in [0.15, 0.2) is 5.82 Å². The van der Waals surface area contributed by atoms with E-state index < -0.39 is 5.91 Å². The second-order valence-electron chi connectivity index (χ2n) is 4.11. The van der Waals surface area contributed by atoms with Crippen molar-refractivity contribution in [1.82, 2.24) is 14.5 Å². The summed E-state index contributed by atoms with van der Waals surface area (Å²) < 4.78 is 1.72. The highest BCUT2D eigenvalue weighted by Crippen LogP contribution is 2.20. The van der Waals surface area contributed by atoms with Crippen LogP contribution in [0, 0.1) is 0 Å². The highest BCUT2D eigenvalue weighted by atomic mass is 16.1. The number of pyridine rings is 1. The summed E-state index contributed by atoms with van der Waals surface area (Å²) >= 11 is 0. The summed E-state index contributed by atoms with van der Waals surface area (Å²) in [6.45, 7) is 0. The zero-order chi connectivity index (χ0) is 13.4. The number of nitrogen functional groups attached to an aromatic ring is 1. The van der Waals surface area contributed by atoms with Crippen molar-refractivity contribution in [3.05, 3.63) is 48.4 Å². The van der Waals surface area contributed by atoms with Crippen molar-refractivity contribution in [2.75, 3.05) is 5.73 Å². The van der Waals surface area contributed by atoms with Crippen molar-refractivity contribution in [2.24, 2.45) is 5.73 Å². The molecule has 6 nitrogen and oxygen atoms in total. The molecule has 94 valence electrons. The molecule has 0 fully saturated rings. The topological polar surface area (TPSA) is 99.8 Å². The number of benzene rings is 1. The van der Waals surface area contributed by atoms with Crippen LogP contribution in [-0.2, 0) is 0 Å². The minimum Gasteiger partial charge on any atom is -0.397 e. The smallest absolute Gasteiger partial charge is 0.252 e. The summed E-state index contributed by atoms with van der Waals surface area (Å²) in [4.78, 5) is 19.9. The van der Waals surface area contributed by atoms with Gasteiger partial charge in [-0.25, -0.2) is 9.97 Å². The number of nitrogens with two attached hydrogens (primary N) is 2. The van der Waals surface area contributed by atoms with E-state index in [0.717, 1.165) is 11.0 Å². The van der Waals surface area contributed by atoms with E-state index in [1.807, 2.05) is 24.3 Å². The third-order valence-corrected chi connectivity index (χ3v) is 2.84. The Kier molecular flexibility index (Phi) is 2.42. The van der Waals surface area contributed by atoms with Crippen LogP contribution < -0.4 is 11.5 Å². The maximum atomic E-state index is 11.5. The minimum atomic E-state index is -0.576. The lowest BCUT2D eigenvalue weighted by Gasteiger charge is -2.08. The lowest BCUT2D eigenvalue weighted by atomic mass is 10.2. The van der Waals surface area contributed by atoms with Gasteiger partial charge in [-0.05, 0) is 18.2 Å². The summed E-state index contributed by atoms with van der Waals surface area (Å²) in [6, 6.07) is 9.07. The molecule has 0 aliphatic heterocycles. The van der Waals surface area contributed by atoms with Crippen molar-refractivity contribution >= 4 is 22.6 Å². The third kappa shape index (κ3) is 1.79. The summed E-state index contributed by atoms with van der Waals surface area (Å²) in [5, 5.41) is 0. The molecule has 1 amide bonds. The number of amides is 1. The van der Waals surface area contributed by atoms with E-state index in [2.05, 4.69) is 9.97 Å². The van der Waals surface area contributed by atoms with Gasteiger partial charge in [0.1, 0.15) is 6.33 Å². The zero-order valence-electron chi connectivity index (χ0n) is 9.95. The van der Waals surface area contributed by atoms with Gasteiger partial charge in [-0.2, -0.15) is 0 Å². The van der Waals surface area contributed by atoms with Crippen LogP contribution in [0.1, 0.15) is 10.4 Å². The fourth-order valence-electron chi connectivity index (χ4n) is 1.97. The molecule has 3 rings (SSSR count). The van der Waals surface area contributed by atoms with Gasteiger partial charge in [0, 0.05) is 0 Å². The first-order chi connectivity index (χ1) is 9.16. The molecule has 0 radical (unpaired) electrons. The van der Waals surface area contributed by atoms with Gasteiger partial charge < -0.3 is 11.5 Å². The number of nitrogens with zero attached hydrogens (tertiary/aromatic N) is 3. The Morgan fingerprint density at radius 2 is 2.00 bits per heavy atom. The molecule has 4 N–H and O–H groups in total. The van der Waals surface area contributed by atoms with Crippen molar-refractivity contribution < 1.29 is 4.79 Å². The predicted molar refractivity (Wildman–Crippen MR) is 71.8 cm³/mol. The van der Waals surface area contributed by atoms with Gasteiger partial charge >= 0.3 is 0 Å². The number of para-hydroxylation sites is 2. The van der Waals surface area contributed by atoms with Crippen molar-refractivity contribution in [2.45, 2.75) is 0 Å². The summed E-state index contributed by atoms with van der Waals surface area (Å²) in [5.74, 6) is -0.150. The Morgan fingerprint density at radius 1 is 1.21 bits per heavy atom. The van der Waals surface area contributed by atoms with E-state index in [1.54, 1.807) is 10.9 Å². The van der Waals surface area contributed by atoms with Crippen LogP contribution >= 0.6 is 0 Å². The highest BCUT2D eigenvalue weighted by molar-refractivity contribution is 5.97. The second-order valence-corrected chi connectivity index (χ2v) is 4.11. The molecule has 6 heteroatoms. The average molecular weight is 253 g/mol. The van der Waals surface area contributed by atoms with Crippen LogP contribution in [-0.4, -0.2) is 20.4 Å². The molecule has 0 atom stereocenters. The molecule has 0 aliphatic carbocycles. The number of carbonyl (C=O) groups is 1. The molecule has 0 unspecified atom stereocenters. The summed E-state index contributed by atoms with van der Waals surface area (Å²) in [5.41, 5.74) is 13.3. The van der Waals surface area contributed by atoms with E-state index in [0.29, 0.717) is 11.5 Å². The van der Waals surface area contributed by atoms with E-state index in [9.17, 15) is 4.79 Å². The van der Waals surface area contributed by atoms with Gasteiger partial charge in [0.05, 0.1) is 28.5 Å². The molecule has 0 saturated heterocycles. The second kappa shape index (κ2) is 4.09. The number of rotatable bonds is 2. The molecular formula is C13H11N5O. The number of hydrogen-bond acceptors (Lipinski definition) is 4. The number of carbonyl (C=O) groups excluding carboxylic acids is 1. The number of fused-ring (bicyclic) bond motifs is 1. The van der Waals surface area contributed by atoms with Gasteiger partial charge in [-0.3, -0.25) is 9.36 Å². The van der Waals surface area contributed by atoms with Gasteiger partial charge in [-0.1, -0.05) is 12.1 Å². The molecule has 1 aromatic carbocycles. The van der Waals surface area contributed by atoms with Crippen molar-refractivity contribution in [1.29, 1.82) is 0 Å². The number of hydrogen-bond donors (Lipinski definition) is 2. The molecule has 2 aromatic heterocycles. The third-order valence-electron chi connectivity index (χ3n) is 2.84. The van der Waals surface area contributed by atoms with Gasteiger partial charge in [-0.15, -0.1) is 0 Å². The van der Waals surface area contributed by atoms with E-state index in [1.165, 1.54) is 12.3 Å². The average Bonchev–Trinajstić information content (AvgIpc) is 2.82. The number of aromatic nitrogens is 3. The van der Waals surface area contributed by atoms with Crippen LogP contribution in [0.25, 0.3) is 16.9 Å². The molecular weight excluding hydrogens is 242 g/mol. The zero-order valence-corrected chi connectivity index (χ0v) is 9.95. The standard InChI is InChI=1S/C13H11N5O/c14-8-5-9(12(15)19)13(16-6-8)18-7-17-10-3-1-2-4-11(10)18/h1-7H,14H2,(H2,15,19). The lowest BCUT2D eigenvalue weighted by Crippen LogP contribution is -2.16. The SMILES string of the molecule is NC(=O)c1cc(N)cnc1-n1cnc2ccccc21. The number of imidazole rings is 1. The lowest BCUT2D eigenvalue weighted by molar-refractivity contribution is 0.1000. The van der Waals surface area contributed by atoms with Crippen LogP contribution in [0.4, 0.5) is 5.69 Å². The van der Waals surface area contributed by atoms with Crippen LogP contribution in [0.2, 0.25) is 0 Å². The van der Waals surface area contributed by atoms with E-state index in [-0.39, 0.29) is 5.56 Å². The van der Waals surface area contributed by atoms with Gasteiger partial charge in [0.25, 0.3) is 5.91 Å². The maximum absolute atomic E-state index is 11.5. The first kappa shape index (κ1) is 11.2. The monoisotopic (exact) mass is 253 g/mol. The Morgan fingerprint density at radius 3 is 2.79 bits per heavy atom. The maximum Gasteiger partial charge on any atom is 0.252 e. The van der Waals surface area contributed by atoms with Crippen molar-refractivity contribution in [3.63, 3.8) is 0 Å². The Balaban J connectivity index is 2.30. The molecule has 19 heavy (non-hydrogen) atoms. The predicted octanol–water partition coefficient (Wildman–Crippen LogP) is 1.10. The van der Waals surface area contributed by atoms with Gasteiger partial charge in [0.2, 0.25) is 0 Å². The van der Waals surface area contributed by atoms with Crippen LogP contribution in [0.5, 0.6) is 0 Å². The minimum absolute atomic E-state index is 0.267. The van der Waals surface area contributed by atoms with E-state index in [4.69, 9.17) is 11.5 Å². The summed E-state index contributed by atoms with van der Waals surface area (Å²) in [7, 11) is 0. The molecule has 0 aliphatic rings. The molecule has 2 heterocycles. The highest BCUT2D eigenvalue weighted by Gasteiger charge is 2.14. The Hall–Kier alpha value is -2.89. The Labute approximate surface area is 108 Å². The van der Waals surface area contributed by atoms with Crippen LogP contribution in [0.3, 0.4) is 0 Å². The first-order valence-electron chi connectivity index (χ1n) is 5.64. The summed E-state index contributed by atoms with van der Waals surface area (Å²) in [6.07, 6.45) is 3.09. The quantitative estimate of drug-likeness (QED) is 0.714. The number of primary amides is 1. The Bertz CT molecular complexity index is 778. The normalized spacial score (nSPS) is 10.7. The number of anilines is 1. The molecule has 3 aromatic rings. The van der Waals surface area contributed by atoms with Crippen molar-refractivity contribution in [3.8, 4) is 5.82 Å². The largest absolute Gasteiger partial charge is 0.397 e. The first-order valence-corrected chi connectivity index (χ1v) is 5.64. The fourth-order valence-corrected chi connectivity index (χ4v) is 1.97. The molecule has 0 spiro atoms. The fraction of sp³-hybridized carbons (Fsp3) is 0. The van der Waals surface area contributed by atoms with Crippen LogP contribution in [0.15, 0.2) is 42.9 Å². The molecule has 0 saturated carbocycles. The molecule has 0 bridgehead atoms. The van der Waals surface area contributed by atoms with E-state index >= 15 is 0 Å².